The summed E-state index contributed by atoms with van der Waals surface area (Å²) in [6, 6.07) is 40.4. The third kappa shape index (κ3) is 5.92. The maximum atomic E-state index is 2.98. The molecule has 1 fully saturated rings. The Morgan fingerprint density at radius 3 is 1.94 bits per heavy atom. The first-order valence-corrected chi connectivity index (χ1v) is 29.9. The van der Waals surface area contributed by atoms with Crippen molar-refractivity contribution >= 4 is 62.9 Å². The van der Waals surface area contributed by atoms with Crippen molar-refractivity contribution in [2.24, 2.45) is 16.7 Å². The van der Waals surface area contributed by atoms with Gasteiger partial charge in [-0.2, -0.15) is 0 Å². The maximum absolute atomic E-state index is 2.98. The second-order valence-corrected chi connectivity index (χ2v) is 30.4. The van der Waals surface area contributed by atoms with E-state index in [0.717, 1.165) is 12.8 Å². The number of anilines is 7. The maximum Gasteiger partial charge on any atom is 0.252 e. The van der Waals surface area contributed by atoms with Crippen molar-refractivity contribution in [1.29, 1.82) is 0 Å². The van der Waals surface area contributed by atoms with E-state index >= 15 is 0 Å². The van der Waals surface area contributed by atoms with Gasteiger partial charge in [-0.1, -0.05) is 169 Å². The molecule has 6 aromatic rings. The third-order valence-corrected chi connectivity index (χ3v) is 23.1. The molecule has 3 nitrogen and oxygen atoms in total. The monoisotopic (exact) mass is 1010 g/mol. The molecule has 1 saturated carbocycles. The fourth-order valence-electron chi connectivity index (χ4n) is 19.1. The van der Waals surface area contributed by atoms with Crippen LogP contribution in [-0.4, -0.2) is 12.3 Å². The molecular weight excluding hydrogens is 930 g/mol. The highest BCUT2D eigenvalue weighted by atomic mass is 15.3. The molecule has 0 amide bonds. The molecule has 4 aliphatic heterocycles. The Morgan fingerprint density at radius 1 is 0.545 bits per heavy atom. The molecule has 4 unspecified atom stereocenters. The highest BCUT2D eigenvalue weighted by molar-refractivity contribution is 7.00. The molecule has 6 aromatic carbocycles. The summed E-state index contributed by atoms with van der Waals surface area (Å²) < 4.78 is 0. The van der Waals surface area contributed by atoms with E-state index in [0.29, 0.717) is 5.92 Å². The molecular formula is C73H82BN3. The minimum atomic E-state index is -0.123. The van der Waals surface area contributed by atoms with Crippen molar-refractivity contribution in [2.75, 3.05) is 14.7 Å². The van der Waals surface area contributed by atoms with Gasteiger partial charge < -0.3 is 14.7 Å². The van der Waals surface area contributed by atoms with Gasteiger partial charge in [0, 0.05) is 56.2 Å². The zero-order chi connectivity index (χ0) is 53.8. The highest BCUT2D eigenvalue weighted by Gasteiger charge is 2.62. The van der Waals surface area contributed by atoms with Gasteiger partial charge in [0.15, 0.2) is 0 Å². The van der Waals surface area contributed by atoms with Crippen LogP contribution in [0, 0.1) is 30.6 Å². The minimum Gasteiger partial charge on any atom is -0.338 e. The number of nitrogens with zero attached hydrogens (tertiary/aromatic N) is 3. The molecule has 15 rings (SSSR count). The summed E-state index contributed by atoms with van der Waals surface area (Å²) in [7, 11) is 0. The van der Waals surface area contributed by atoms with E-state index in [1.165, 1.54) is 139 Å². The van der Waals surface area contributed by atoms with E-state index in [1.54, 1.807) is 28.0 Å². The van der Waals surface area contributed by atoms with Gasteiger partial charge in [0.2, 0.25) is 0 Å². The minimum absolute atomic E-state index is 0.0278. The summed E-state index contributed by atoms with van der Waals surface area (Å²) in [6.45, 7) is 40.4. The first-order chi connectivity index (χ1) is 36.2. The van der Waals surface area contributed by atoms with E-state index in [9.17, 15) is 0 Å². The number of allylic oxidation sites excluding steroid dienone is 3. The molecule has 4 atom stereocenters. The lowest BCUT2D eigenvalue weighted by Gasteiger charge is -2.53. The van der Waals surface area contributed by atoms with Gasteiger partial charge in [0.25, 0.3) is 6.71 Å². The molecule has 6 bridgehead atoms. The number of benzene rings is 6. The van der Waals surface area contributed by atoms with E-state index < -0.39 is 0 Å². The van der Waals surface area contributed by atoms with Gasteiger partial charge in [0.05, 0.1) is 11.2 Å². The van der Waals surface area contributed by atoms with Crippen LogP contribution in [0.4, 0.5) is 39.8 Å². The lowest BCUT2D eigenvalue weighted by Crippen LogP contribution is -2.62. The second kappa shape index (κ2) is 14.7. The van der Waals surface area contributed by atoms with Crippen molar-refractivity contribution in [1.82, 2.24) is 0 Å². The summed E-state index contributed by atoms with van der Waals surface area (Å²) >= 11 is 0. The molecule has 0 saturated heterocycles. The molecule has 392 valence electrons. The number of aryl methyl sites for hydroxylation is 2. The van der Waals surface area contributed by atoms with Crippen molar-refractivity contribution < 1.29 is 0 Å². The standard InChI is InChI=1S/C73H82BN3/c1-42-32-62-65-63(33-42)76-58-39-53-49(34-43(58)2)67(6,7)30-31-71(53,14)52-40-59-54(36-48(52)66(3,4)5)72(15)28-19-20-29-73(72,16)77(59)44-26-27-55(60(76)35-44)74(65)56-37-50-51(69(10,11)41-68(50,8)9)38-61(56)75(62)57-25-21-24-47-64(57)45-22-17-18-23-46(45)70(47,12)13/h17-18,21-27,32-39,52H,19-20,28-31,40-41H2,1-16H3. The van der Waals surface area contributed by atoms with Crippen LogP contribution >= 0.6 is 0 Å². The third-order valence-electron chi connectivity index (χ3n) is 23.1. The van der Waals surface area contributed by atoms with Crippen molar-refractivity contribution in [3.63, 3.8) is 0 Å². The molecule has 0 N–H and O–H groups in total. The van der Waals surface area contributed by atoms with Gasteiger partial charge in [-0.3, -0.25) is 0 Å². The first kappa shape index (κ1) is 48.4. The van der Waals surface area contributed by atoms with Gasteiger partial charge in [-0.05, 0) is 207 Å². The molecule has 4 heteroatoms. The largest absolute Gasteiger partial charge is 0.338 e. The van der Waals surface area contributed by atoms with E-state index in [4.69, 9.17) is 0 Å². The smallest absolute Gasteiger partial charge is 0.252 e. The lowest BCUT2D eigenvalue weighted by atomic mass is 9.33. The van der Waals surface area contributed by atoms with Gasteiger partial charge in [-0.25, -0.2) is 0 Å². The molecule has 0 aromatic heterocycles. The van der Waals surface area contributed by atoms with E-state index in [1.807, 2.05) is 0 Å². The van der Waals surface area contributed by atoms with Crippen LogP contribution in [-0.2, 0) is 27.1 Å². The quantitative estimate of drug-likeness (QED) is 0.152. The van der Waals surface area contributed by atoms with Crippen LogP contribution in [0.2, 0.25) is 0 Å². The SMILES string of the molecule is Cc1cc2c3c(c1)N(c1cccc4c1-c1ccccc1C4(C)C)c1cc4c(cc1B3c1ccc3cc1N2c1cc2c(cc1C)C(C)(C)CCC2(C)C1CC2=C(C=C1C(C)(C)C)C1(C)CCCCC1(C)N23)C(C)(C)CC4(C)C. The number of fused-ring (bicyclic) bond motifs is 17. The summed E-state index contributed by atoms with van der Waals surface area (Å²) in [5.41, 5.74) is 32.9. The Balaban J connectivity index is 1.08. The van der Waals surface area contributed by atoms with E-state index in [2.05, 4.69) is 229 Å². The number of rotatable bonds is 1. The van der Waals surface area contributed by atoms with Crippen LogP contribution in [0.1, 0.15) is 193 Å². The summed E-state index contributed by atoms with van der Waals surface area (Å²) in [5, 5.41) is 0. The average molecular weight is 1010 g/mol. The van der Waals surface area contributed by atoms with Crippen LogP contribution in [0.25, 0.3) is 11.1 Å². The highest BCUT2D eigenvalue weighted by Crippen LogP contribution is 2.67. The predicted octanol–water partition coefficient (Wildman–Crippen LogP) is 17.4. The van der Waals surface area contributed by atoms with Gasteiger partial charge >= 0.3 is 0 Å². The predicted molar refractivity (Wildman–Crippen MR) is 328 cm³/mol. The Hall–Kier alpha value is -5.74. The average Bonchev–Trinajstić information content (AvgIpc) is 3.64. The zero-order valence-corrected chi connectivity index (χ0v) is 49.5. The van der Waals surface area contributed by atoms with E-state index in [-0.39, 0.29) is 50.2 Å². The Morgan fingerprint density at radius 2 is 1.19 bits per heavy atom. The molecule has 9 aliphatic rings. The lowest BCUT2D eigenvalue weighted by molar-refractivity contribution is 0.153. The molecule has 5 aliphatic carbocycles. The fraction of sp³-hybridized carbons (Fsp3) is 0.452. The van der Waals surface area contributed by atoms with Gasteiger partial charge in [0.1, 0.15) is 0 Å². The van der Waals surface area contributed by atoms with Crippen molar-refractivity contribution in [2.45, 2.75) is 195 Å². The molecule has 77 heavy (non-hydrogen) atoms. The Kier molecular flexibility index (Phi) is 9.26. The van der Waals surface area contributed by atoms with Gasteiger partial charge in [-0.15, -0.1) is 0 Å². The van der Waals surface area contributed by atoms with Crippen LogP contribution < -0.4 is 31.1 Å². The zero-order valence-electron chi connectivity index (χ0n) is 49.5. The summed E-state index contributed by atoms with van der Waals surface area (Å²) in [4.78, 5) is 8.54. The Labute approximate surface area is 462 Å². The van der Waals surface area contributed by atoms with Crippen LogP contribution in [0.3, 0.4) is 0 Å². The summed E-state index contributed by atoms with van der Waals surface area (Å²) in [6.07, 6.45) is 12.4. The molecule has 0 radical (unpaired) electrons. The van der Waals surface area contributed by atoms with Crippen LogP contribution in [0.5, 0.6) is 0 Å². The van der Waals surface area contributed by atoms with Crippen molar-refractivity contribution in [3.05, 3.63) is 164 Å². The number of hydrogen-bond donors (Lipinski definition) is 0. The fourth-order valence-corrected chi connectivity index (χ4v) is 19.1. The molecule has 0 spiro atoms. The second-order valence-electron chi connectivity index (χ2n) is 30.4. The summed E-state index contributed by atoms with van der Waals surface area (Å²) in [5.74, 6) is 0.376. The van der Waals surface area contributed by atoms with Crippen LogP contribution in [0.15, 0.2) is 120 Å². The molecule has 4 heterocycles. The number of hydrogen-bond acceptors (Lipinski definition) is 3. The van der Waals surface area contributed by atoms with Crippen molar-refractivity contribution in [3.8, 4) is 11.1 Å². The topological polar surface area (TPSA) is 9.72 Å². The Bertz CT molecular complexity index is 3760. The first-order valence-electron chi connectivity index (χ1n) is 29.9. The normalized spacial score (nSPS) is 27.4.